The summed E-state index contributed by atoms with van der Waals surface area (Å²) >= 11 is 0. The van der Waals surface area contributed by atoms with Crippen LogP contribution in [0.1, 0.15) is 45.6 Å². The predicted molar refractivity (Wildman–Crippen MR) is 86.4 cm³/mol. The van der Waals surface area contributed by atoms with Gasteiger partial charge in [0.1, 0.15) is 5.82 Å². The third-order valence-electron chi connectivity index (χ3n) is 5.02. The van der Waals surface area contributed by atoms with Gasteiger partial charge in [-0.3, -0.25) is 0 Å². The number of nitrogens with one attached hydrogen (secondary N) is 1. The van der Waals surface area contributed by atoms with Crippen LogP contribution in [0.4, 0.5) is 14.9 Å². The van der Waals surface area contributed by atoms with Crippen molar-refractivity contribution in [1.29, 1.82) is 5.26 Å². The van der Waals surface area contributed by atoms with Gasteiger partial charge >= 0.3 is 6.03 Å². The third kappa shape index (κ3) is 3.03. The fourth-order valence-corrected chi connectivity index (χ4v) is 4.57. The topological polar surface area (TPSA) is 56.1 Å². The van der Waals surface area contributed by atoms with E-state index in [1.54, 1.807) is 0 Å². The number of halogens is 1. The summed E-state index contributed by atoms with van der Waals surface area (Å²) in [5.41, 5.74) is 0.742. The van der Waals surface area contributed by atoms with E-state index in [0.29, 0.717) is 6.54 Å². The molecule has 122 valence electrons. The van der Waals surface area contributed by atoms with Crippen molar-refractivity contribution >= 4 is 11.7 Å². The van der Waals surface area contributed by atoms with E-state index in [9.17, 15) is 9.18 Å². The van der Waals surface area contributed by atoms with Gasteiger partial charge in [-0.05, 0) is 48.3 Å². The number of rotatable bonds is 1. The number of urea groups is 1. The smallest absolute Gasteiger partial charge is 0.321 e. The molecule has 0 spiro atoms. The Labute approximate surface area is 136 Å². The highest BCUT2D eigenvalue weighted by Gasteiger charge is 2.51. The molecule has 1 saturated heterocycles. The van der Waals surface area contributed by atoms with Gasteiger partial charge in [0.15, 0.2) is 0 Å². The summed E-state index contributed by atoms with van der Waals surface area (Å²) in [7, 11) is 0. The molecular formula is C18H22FN3O. The van der Waals surface area contributed by atoms with Gasteiger partial charge in [-0.25, -0.2) is 9.18 Å². The van der Waals surface area contributed by atoms with Crippen molar-refractivity contribution in [3.05, 3.63) is 29.6 Å². The number of nitrogens with zero attached hydrogens (tertiary/aromatic N) is 2. The average Bonchev–Trinajstić information content (AvgIpc) is 2.70. The molecule has 0 radical (unpaired) electrons. The molecule has 23 heavy (non-hydrogen) atoms. The second-order valence-corrected chi connectivity index (χ2v) is 8.08. The zero-order chi connectivity index (χ0) is 16.8. The zero-order valence-electron chi connectivity index (χ0n) is 13.8. The Morgan fingerprint density at radius 2 is 2.13 bits per heavy atom. The molecule has 1 aliphatic carbocycles. The van der Waals surface area contributed by atoms with Gasteiger partial charge in [-0.15, -0.1) is 0 Å². The summed E-state index contributed by atoms with van der Waals surface area (Å²) in [5.74, 6) is -0.578. The molecule has 4 nitrogen and oxygen atoms in total. The van der Waals surface area contributed by atoms with Crippen LogP contribution in [0, 0.1) is 28.0 Å². The van der Waals surface area contributed by atoms with Crippen LogP contribution in [-0.4, -0.2) is 23.5 Å². The Hall–Kier alpha value is -2.09. The summed E-state index contributed by atoms with van der Waals surface area (Å²) in [5, 5.41) is 11.4. The van der Waals surface area contributed by atoms with Crippen molar-refractivity contribution < 1.29 is 9.18 Å². The van der Waals surface area contributed by atoms with E-state index < -0.39 is 5.82 Å². The van der Waals surface area contributed by atoms with Crippen LogP contribution >= 0.6 is 0 Å². The first-order chi connectivity index (χ1) is 10.7. The van der Waals surface area contributed by atoms with E-state index in [4.69, 9.17) is 5.26 Å². The summed E-state index contributed by atoms with van der Waals surface area (Å²) in [4.78, 5) is 14.5. The van der Waals surface area contributed by atoms with E-state index in [1.165, 1.54) is 12.1 Å². The lowest BCUT2D eigenvalue weighted by molar-refractivity contribution is 0.130. The molecule has 2 amide bonds. The van der Waals surface area contributed by atoms with Gasteiger partial charge < -0.3 is 10.2 Å². The predicted octanol–water partition coefficient (Wildman–Crippen LogP) is 4.13. The minimum absolute atomic E-state index is 0.125. The lowest BCUT2D eigenvalue weighted by atomic mass is 9.65. The monoisotopic (exact) mass is 315 g/mol. The second-order valence-electron chi connectivity index (χ2n) is 8.08. The molecule has 5 heteroatoms. The van der Waals surface area contributed by atoms with Crippen molar-refractivity contribution in [3.8, 4) is 6.07 Å². The van der Waals surface area contributed by atoms with Gasteiger partial charge in [0.25, 0.3) is 0 Å². The van der Waals surface area contributed by atoms with Gasteiger partial charge in [0.2, 0.25) is 0 Å². The molecule has 1 aromatic rings. The van der Waals surface area contributed by atoms with Crippen LogP contribution in [0.3, 0.4) is 0 Å². The molecule has 1 aliphatic heterocycles. The summed E-state index contributed by atoms with van der Waals surface area (Å²) in [6.07, 6.45) is 3.09. The van der Waals surface area contributed by atoms with E-state index in [0.717, 1.165) is 25.3 Å². The first-order valence-corrected chi connectivity index (χ1v) is 7.99. The molecule has 3 rings (SSSR count). The number of likely N-dealkylation sites (tertiary alicyclic amines) is 1. The van der Waals surface area contributed by atoms with Crippen LogP contribution < -0.4 is 5.32 Å². The number of carbonyl (C=O) groups excluding carboxylic acids is 1. The highest BCUT2D eigenvalue weighted by molar-refractivity contribution is 5.90. The first kappa shape index (κ1) is 15.8. The van der Waals surface area contributed by atoms with Crippen molar-refractivity contribution in [2.75, 3.05) is 11.9 Å². The van der Waals surface area contributed by atoms with E-state index in [1.807, 2.05) is 11.0 Å². The average molecular weight is 315 g/mol. The van der Waals surface area contributed by atoms with Crippen molar-refractivity contribution in [3.63, 3.8) is 0 Å². The van der Waals surface area contributed by atoms with Crippen LogP contribution in [0.2, 0.25) is 0 Å². The van der Waals surface area contributed by atoms with E-state index in [2.05, 4.69) is 26.1 Å². The number of fused-ring (bicyclic) bond motifs is 2. The maximum atomic E-state index is 14.0. The standard InChI is InChI=1S/C18H22FN3O/c1-17(2)7-13-8-18(3,10-17)11-22(13)16(23)21-15-5-4-12(9-20)6-14(15)19/h4-6,13H,7-8,10-11H2,1-3H3,(H,21,23)/t13-,18-/m1/s1. The molecule has 2 fully saturated rings. The Morgan fingerprint density at radius 1 is 1.39 bits per heavy atom. The molecule has 1 aromatic carbocycles. The van der Waals surface area contributed by atoms with Gasteiger partial charge in [-0.2, -0.15) is 5.26 Å². The number of benzene rings is 1. The Morgan fingerprint density at radius 3 is 2.78 bits per heavy atom. The molecule has 1 saturated carbocycles. The maximum absolute atomic E-state index is 14.0. The fraction of sp³-hybridized carbons (Fsp3) is 0.556. The minimum Gasteiger partial charge on any atom is -0.321 e. The van der Waals surface area contributed by atoms with Gasteiger partial charge in [0, 0.05) is 12.6 Å². The normalized spacial score (nSPS) is 28.3. The lowest BCUT2D eigenvalue weighted by Crippen LogP contribution is -2.40. The van der Waals surface area contributed by atoms with Crippen LogP contribution in [0.5, 0.6) is 0 Å². The fourth-order valence-electron chi connectivity index (χ4n) is 4.57. The number of hydrogen-bond acceptors (Lipinski definition) is 2. The maximum Gasteiger partial charge on any atom is 0.322 e. The second kappa shape index (κ2) is 5.23. The van der Waals surface area contributed by atoms with Crippen LogP contribution in [-0.2, 0) is 0 Å². The molecule has 1 heterocycles. The Kier molecular flexibility index (Phi) is 3.59. The number of hydrogen-bond donors (Lipinski definition) is 1. The SMILES string of the molecule is CC1(C)C[C@@H]2C[C@@](C)(CN2C(=O)Nc2ccc(C#N)cc2F)C1. The van der Waals surface area contributed by atoms with Crippen molar-refractivity contribution in [2.45, 2.75) is 46.1 Å². The van der Waals surface area contributed by atoms with Crippen molar-refractivity contribution in [1.82, 2.24) is 4.90 Å². The molecular weight excluding hydrogens is 293 g/mol. The molecule has 0 aromatic heterocycles. The minimum atomic E-state index is -0.578. The van der Waals surface area contributed by atoms with Crippen LogP contribution in [0.25, 0.3) is 0 Å². The third-order valence-corrected chi connectivity index (χ3v) is 5.02. The molecule has 0 unspecified atom stereocenters. The van der Waals surface area contributed by atoms with Crippen molar-refractivity contribution in [2.24, 2.45) is 10.8 Å². The zero-order valence-corrected chi connectivity index (χ0v) is 13.8. The Bertz CT molecular complexity index is 694. The number of nitriles is 1. The first-order valence-electron chi connectivity index (χ1n) is 7.99. The highest BCUT2D eigenvalue weighted by atomic mass is 19.1. The molecule has 2 aliphatic rings. The number of amides is 2. The highest BCUT2D eigenvalue weighted by Crippen LogP contribution is 2.52. The summed E-state index contributed by atoms with van der Waals surface area (Å²) in [6, 6.07) is 5.94. The number of anilines is 1. The molecule has 2 atom stereocenters. The van der Waals surface area contributed by atoms with Gasteiger partial charge in [0.05, 0.1) is 17.3 Å². The quantitative estimate of drug-likeness (QED) is 0.847. The number of carbonyl (C=O) groups is 1. The molecule has 1 N–H and O–H groups in total. The van der Waals surface area contributed by atoms with E-state index in [-0.39, 0.29) is 34.2 Å². The largest absolute Gasteiger partial charge is 0.322 e. The Balaban J connectivity index is 1.76. The lowest BCUT2D eigenvalue weighted by Gasteiger charge is -2.39. The van der Waals surface area contributed by atoms with E-state index >= 15 is 0 Å². The summed E-state index contributed by atoms with van der Waals surface area (Å²) in [6.45, 7) is 7.44. The van der Waals surface area contributed by atoms with Crippen LogP contribution in [0.15, 0.2) is 18.2 Å². The molecule has 2 bridgehead atoms. The van der Waals surface area contributed by atoms with Gasteiger partial charge in [-0.1, -0.05) is 20.8 Å². The summed E-state index contributed by atoms with van der Waals surface area (Å²) < 4.78 is 14.0.